The zero-order valence-corrected chi connectivity index (χ0v) is 14.0. The van der Waals surface area contributed by atoms with Crippen LogP contribution in [0.5, 0.6) is 0 Å². The zero-order chi connectivity index (χ0) is 15.6. The zero-order valence-electron chi connectivity index (χ0n) is 13.2. The van der Waals surface area contributed by atoms with E-state index in [1.54, 1.807) is 0 Å². The van der Waals surface area contributed by atoms with Crippen molar-refractivity contribution in [3.63, 3.8) is 0 Å². The maximum absolute atomic E-state index is 11.7. The van der Waals surface area contributed by atoms with E-state index in [0.717, 1.165) is 44.5 Å². The molecule has 1 saturated heterocycles. The molecule has 6 nitrogen and oxygen atoms in total. The second-order valence-electron chi connectivity index (χ2n) is 6.54. The molecule has 1 aromatic rings. The molecule has 0 N–H and O–H groups in total. The second-order valence-corrected chi connectivity index (χ2v) is 8.77. The van der Waals surface area contributed by atoms with Gasteiger partial charge in [-0.05, 0) is 32.2 Å². The minimum absolute atomic E-state index is 0.0932. The summed E-state index contributed by atoms with van der Waals surface area (Å²) in [4.78, 5) is 2.21. The highest BCUT2D eigenvalue weighted by molar-refractivity contribution is 7.91. The van der Waals surface area contributed by atoms with Crippen LogP contribution < -0.4 is 0 Å². The van der Waals surface area contributed by atoms with Gasteiger partial charge in [0, 0.05) is 12.0 Å². The SMILES string of the molecule is CCCCN(Cc1nnc(C2CCC2)o1)[C@@H]1CCS(=O)(=O)C1. The van der Waals surface area contributed by atoms with Gasteiger partial charge in [0.05, 0.1) is 18.1 Å². The van der Waals surface area contributed by atoms with Gasteiger partial charge in [0.1, 0.15) is 0 Å². The summed E-state index contributed by atoms with van der Waals surface area (Å²) >= 11 is 0. The van der Waals surface area contributed by atoms with Crippen molar-refractivity contribution in [1.29, 1.82) is 0 Å². The Labute approximate surface area is 132 Å². The summed E-state index contributed by atoms with van der Waals surface area (Å²) in [5, 5.41) is 8.33. The molecule has 1 saturated carbocycles. The van der Waals surface area contributed by atoms with E-state index < -0.39 is 9.84 Å². The molecule has 0 bridgehead atoms. The maximum Gasteiger partial charge on any atom is 0.230 e. The average Bonchev–Trinajstić information content (AvgIpc) is 2.99. The summed E-state index contributed by atoms with van der Waals surface area (Å²) in [5.41, 5.74) is 0. The third kappa shape index (κ3) is 3.68. The quantitative estimate of drug-likeness (QED) is 0.763. The molecule has 0 aromatic carbocycles. The van der Waals surface area contributed by atoms with Crippen LogP contribution >= 0.6 is 0 Å². The fourth-order valence-corrected chi connectivity index (χ4v) is 4.90. The third-order valence-electron chi connectivity index (χ3n) is 4.80. The van der Waals surface area contributed by atoms with E-state index in [-0.39, 0.29) is 11.8 Å². The first kappa shape index (κ1) is 15.9. The Morgan fingerprint density at radius 3 is 2.68 bits per heavy atom. The standard InChI is InChI=1S/C15H25N3O3S/c1-2-3-8-18(13-7-9-22(19,20)11-13)10-14-16-17-15(21-14)12-5-4-6-12/h12-13H,2-11H2,1H3/t13-/m1/s1. The van der Waals surface area contributed by atoms with Crippen LogP contribution in [-0.2, 0) is 16.4 Å². The number of sulfone groups is 1. The molecule has 3 rings (SSSR count). The van der Waals surface area contributed by atoms with Crippen LogP contribution in [0.25, 0.3) is 0 Å². The molecule has 124 valence electrons. The van der Waals surface area contributed by atoms with Crippen LogP contribution in [0.4, 0.5) is 0 Å². The molecule has 0 unspecified atom stereocenters. The molecule has 1 aliphatic carbocycles. The largest absolute Gasteiger partial charge is 0.424 e. The van der Waals surface area contributed by atoms with Gasteiger partial charge >= 0.3 is 0 Å². The van der Waals surface area contributed by atoms with Gasteiger partial charge in [0.2, 0.25) is 11.8 Å². The topological polar surface area (TPSA) is 76.3 Å². The number of hydrogen-bond donors (Lipinski definition) is 0. The first-order chi connectivity index (χ1) is 10.6. The van der Waals surface area contributed by atoms with E-state index >= 15 is 0 Å². The molecule has 0 radical (unpaired) electrons. The summed E-state index contributed by atoms with van der Waals surface area (Å²) < 4.78 is 29.3. The van der Waals surface area contributed by atoms with Crippen LogP contribution in [0.1, 0.15) is 63.1 Å². The van der Waals surface area contributed by atoms with Gasteiger partial charge in [-0.15, -0.1) is 10.2 Å². The van der Waals surface area contributed by atoms with Gasteiger partial charge in [-0.2, -0.15) is 0 Å². The smallest absolute Gasteiger partial charge is 0.230 e. The number of nitrogens with zero attached hydrogens (tertiary/aromatic N) is 3. The molecule has 0 spiro atoms. The van der Waals surface area contributed by atoms with Crippen molar-refractivity contribution in [2.24, 2.45) is 0 Å². The van der Waals surface area contributed by atoms with Gasteiger partial charge in [0.25, 0.3) is 0 Å². The van der Waals surface area contributed by atoms with Gasteiger partial charge in [-0.25, -0.2) is 8.42 Å². The van der Waals surface area contributed by atoms with E-state index in [1.165, 1.54) is 6.42 Å². The Morgan fingerprint density at radius 2 is 2.09 bits per heavy atom. The predicted molar refractivity (Wildman–Crippen MR) is 83.3 cm³/mol. The molecular formula is C15H25N3O3S. The Morgan fingerprint density at radius 1 is 1.27 bits per heavy atom. The highest BCUT2D eigenvalue weighted by atomic mass is 32.2. The molecule has 1 aromatic heterocycles. The van der Waals surface area contributed by atoms with Gasteiger partial charge in [0.15, 0.2) is 9.84 Å². The molecule has 2 fully saturated rings. The molecule has 1 atom stereocenters. The Bertz CT molecular complexity index is 595. The summed E-state index contributed by atoms with van der Waals surface area (Å²) in [7, 11) is -2.87. The molecule has 2 aliphatic rings. The van der Waals surface area contributed by atoms with Crippen molar-refractivity contribution < 1.29 is 12.8 Å². The number of unbranched alkanes of at least 4 members (excludes halogenated alkanes) is 1. The van der Waals surface area contributed by atoms with Gasteiger partial charge in [-0.3, -0.25) is 4.90 Å². The Kier molecular flexibility index (Phi) is 4.82. The lowest BCUT2D eigenvalue weighted by atomic mass is 9.85. The van der Waals surface area contributed by atoms with Crippen molar-refractivity contribution in [3.8, 4) is 0 Å². The summed E-state index contributed by atoms with van der Waals surface area (Å²) in [5.74, 6) is 2.40. The number of aromatic nitrogens is 2. The molecule has 22 heavy (non-hydrogen) atoms. The predicted octanol–water partition coefficient (Wildman–Crippen LogP) is 2.13. The molecule has 7 heteroatoms. The van der Waals surface area contributed by atoms with E-state index in [1.807, 2.05) is 0 Å². The van der Waals surface area contributed by atoms with Crippen molar-refractivity contribution in [3.05, 3.63) is 11.8 Å². The highest BCUT2D eigenvalue weighted by Gasteiger charge is 2.33. The van der Waals surface area contributed by atoms with Gasteiger partial charge in [-0.1, -0.05) is 19.8 Å². The van der Waals surface area contributed by atoms with Crippen molar-refractivity contribution >= 4 is 9.84 Å². The fraction of sp³-hybridized carbons (Fsp3) is 0.867. The maximum atomic E-state index is 11.7. The van der Waals surface area contributed by atoms with E-state index in [0.29, 0.717) is 24.1 Å². The summed E-state index contributed by atoms with van der Waals surface area (Å²) in [6.07, 6.45) is 6.39. The number of hydrogen-bond acceptors (Lipinski definition) is 6. The van der Waals surface area contributed by atoms with E-state index in [9.17, 15) is 8.42 Å². The molecule has 1 aliphatic heterocycles. The van der Waals surface area contributed by atoms with Crippen LogP contribution in [0.15, 0.2) is 4.42 Å². The highest BCUT2D eigenvalue weighted by Crippen LogP contribution is 2.35. The van der Waals surface area contributed by atoms with Crippen LogP contribution in [-0.4, -0.2) is 47.6 Å². The summed E-state index contributed by atoms with van der Waals surface area (Å²) in [6, 6.07) is 0.0932. The lowest BCUT2D eigenvalue weighted by Gasteiger charge is -2.26. The fourth-order valence-electron chi connectivity index (χ4n) is 3.14. The lowest BCUT2D eigenvalue weighted by molar-refractivity contribution is 0.178. The molecular weight excluding hydrogens is 302 g/mol. The minimum Gasteiger partial charge on any atom is -0.424 e. The first-order valence-electron chi connectivity index (χ1n) is 8.34. The minimum atomic E-state index is -2.87. The first-order valence-corrected chi connectivity index (χ1v) is 10.2. The summed E-state index contributed by atoms with van der Waals surface area (Å²) in [6.45, 7) is 3.60. The lowest BCUT2D eigenvalue weighted by Crippen LogP contribution is -2.36. The molecule has 0 amide bonds. The Balaban J connectivity index is 1.65. The second kappa shape index (κ2) is 6.66. The van der Waals surface area contributed by atoms with Gasteiger partial charge < -0.3 is 4.42 Å². The third-order valence-corrected chi connectivity index (χ3v) is 6.55. The van der Waals surface area contributed by atoms with Crippen LogP contribution in [0.3, 0.4) is 0 Å². The van der Waals surface area contributed by atoms with Crippen molar-refractivity contribution in [1.82, 2.24) is 15.1 Å². The normalized spacial score (nSPS) is 24.7. The monoisotopic (exact) mass is 327 g/mol. The average molecular weight is 327 g/mol. The van der Waals surface area contributed by atoms with Crippen LogP contribution in [0.2, 0.25) is 0 Å². The Hall–Kier alpha value is -0.950. The molecule has 2 heterocycles. The van der Waals surface area contributed by atoms with Crippen LogP contribution in [0, 0.1) is 0 Å². The van der Waals surface area contributed by atoms with E-state index in [4.69, 9.17) is 4.42 Å². The van der Waals surface area contributed by atoms with E-state index in [2.05, 4.69) is 22.0 Å². The van der Waals surface area contributed by atoms with Crippen molar-refractivity contribution in [2.45, 2.75) is 64.0 Å². The number of rotatable bonds is 7. The van der Waals surface area contributed by atoms with Crippen molar-refractivity contribution in [2.75, 3.05) is 18.1 Å².